The summed E-state index contributed by atoms with van der Waals surface area (Å²) in [4.78, 5) is 11.6. The van der Waals surface area contributed by atoms with Crippen LogP contribution in [0.3, 0.4) is 0 Å². The Bertz CT molecular complexity index is 435. The van der Waals surface area contributed by atoms with Gasteiger partial charge in [-0.2, -0.15) is 0 Å². The SMILES string of the molecule is C/C(=C\C(=O)NC1CC1)c1ccccc1I. The fraction of sp³-hybridized carbons (Fsp3) is 0.308. The van der Waals surface area contributed by atoms with Gasteiger partial charge in [-0.15, -0.1) is 0 Å². The Kier molecular flexibility index (Phi) is 3.63. The molecule has 1 fully saturated rings. The van der Waals surface area contributed by atoms with Gasteiger partial charge in [0.05, 0.1) is 0 Å². The molecule has 16 heavy (non-hydrogen) atoms. The quantitative estimate of drug-likeness (QED) is 0.671. The molecular weight excluding hydrogens is 313 g/mol. The van der Waals surface area contributed by atoms with Crippen LogP contribution in [0.2, 0.25) is 0 Å². The van der Waals surface area contributed by atoms with E-state index in [1.807, 2.05) is 31.2 Å². The van der Waals surface area contributed by atoms with Gasteiger partial charge >= 0.3 is 0 Å². The third kappa shape index (κ3) is 3.07. The maximum atomic E-state index is 11.6. The zero-order valence-electron chi connectivity index (χ0n) is 9.16. The van der Waals surface area contributed by atoms with Gasteiger partial charge in [0.15, 0.2) is 0 Å². The fourth-order valence-corrected chi connectivity index (χ4v) is 2.34. The van der Waals surface area contributed by atoms with Gasteiger partial charge in [-0.25, -0.2) is 0 Å². The van der Waals surface area contributed by atoms with E-state index in [0.717, 1.165) is 24.0 Å². The van der Waals surface area contributed by atoms with Gasteiger partial charge in [-0.05, 0) is 59.6 Å². The number of hydrogen-bond donors (Lipinski definition) is 1. The number of hydrogen-bond acceptors (Lipinski definition) is 1. The van der Waals surface area contributed by atoms with Gasteiger partial charge in [-0.3, -0.25) is 4.79 Å². The Morgan fingerprint density at radius 1 is 1.44 bits per heavy atom. The summed E-state index contributed by atoms with van der Waals surface area (Å²) in [7, 11) is 0. The van der Waals surface area contributed by atoms with Gasteiger partial charge in [0.1, 0.15) is 0 Å². The number of carbonyl (C=O) groups excluding carboxylic acids is 1. The third-order valence-corrected chi connectivity index (χ3v) is 3.51. The van der Waals surface area contributed by atoms with Crippen molar-refractivity contribution in [1.29, 1.82) is 0 Å². The average Bonchev–Trinajstić information content (AvgIpc) is 3.01. The summed E-state index contributed by atoms with van der Waals surface area (Å²) in [5.74, 6) is 0.0275. The minimum atomic E-state index is 0.0275. The molecule has 1 N–H and O–H groups in total. The van der Waals surface area contributed by atoms with E-state index >= 15 is 0 Å². The average molecular weight is 327 g/mol. The second kappa shape index (κ2) is 4.99. The van der Waals surface area contributed by atoms with Crippen LogP contribution in [-0.4, -0.2) is 11.9 Å². The number of rotatable bonds is 3. The Morgan fingerprint density at radius 3 is 2.75 bits per heavy atom. The van der Waals surface area contributed by atoms with E-state index < -0.39 is 0 Å². The van der Waals surface area contributed by atoms with Crippen LogP contribution in [0, 0.1) is 3.57 Å². The van der Waals surface area contributed by atoms with Crippen molar-refractivity contribution in [1.82, 2.24) is 5.32 Å². The van der Waals surface area contributed by atoms with Crippen LogP contribution in [-0.2, 0) is 4.79 Å². The summed E-state index contributed by atoms with van der Waals surface area (Å²) >= 11 is 2.29. The molecule has 0 bridgehead atoms. The maximum absolute atomic E-state index is 11.6. The van der Waals surface area contributed by atoms with Crippen LogP contribution < -0.4 is 5.32 Å². The summed E-state index contributed by atoms with van der Waals surface area (Å²) in [5.41, 5.74) is 2.15. The van der Waals surface area contributed by atoms with Crippen LogP contribution in [0.25, 0.3) is 5.57 Å². The first-order valence-electron chi connectivity index (χ1n) is 5.40. The van der Waals surface area contributed by atoms with E-state index in [9.17, 15) is 4.79 Å². The lowest BCUT2D eigenvalue weighted by molar-refractivity contribution is -0.116. The predicted molar refractivity (Wildman–Crippen MR) is 74.0 cm³/mol. The zero-order valence-corrected chi connectivity index (χ0v) is 11.3. The molecule has 84 valence electrons. The summed E-state index contributed by atoms with van der Waals surface area (Å²) in [6.07, 6.45) is 3.94. The monoisotopic (exact) mass is 327 g/mol. The molecule has 2 rings (SSSR count). The minimum Gasteiger partial charge on any atom is -0.350 e. The fourth-order valence-electron chi connectivity index (χ4n) is 1.53. The van der Waals surface area contributed by atoms with Gasteiger partial charge < -0.3 is 5.32 Å². The Morgan fingerprint density at radius 2 is 2.12 bits per heavy atom. The van der Waals surface area contributed by atoms with Crippen molar-refractivity contribution in [3.05, 3.63) is 39.5 Å². The van der Waals surface area contributed by atoms with E-state index in [4.69, 9.17) is 0 Å². The third-order valence-electron chi connectivity index (χ3n) is 2.57. The molecule has 0 atom stereocenters. The topological polar surface area (TPSA) is 29.1 Å². The highest BCUT2D eigenvalue weighted by Gasteiger charge is 2.22. The number of carbonyl (C=O) groups is 1. The second-order valence-corrected chi connectivity index (χ2v) is 5.25. The van der Waals surface area contributed by atoms with Crippen LogP contribution >= 0.6 is 22.6 Å². The van der Waals surface area contributed by atoms with Crippen LogP contribution in [0.5, 0.6) is 0 Å². The molecule has 0 radical (unpaired) electrons. The predicted octanol–water partition coefficient (Wildman–Crippen LogP) is 2.97. The van der Waals surface area contributed by atoms with E-state index in [-0.39, 0.29) is 5.91 Å². The zero-order chi connectivity index (χ0) is 11.5. The summed E-state index contributed by atoms with van der Waals surface area (Å²) < 4.78 is 1.17. The van der Waals surface area contributed by atoms with Crippen LogP contribution in [0.4, 0.5) is 0 Å². The Hall–Kier alpha value is -0.840. The highest BCUT2D eigenvalue weighted by molar-refractivity contribution is 14.1. The smallest absolute Gasteiger partial charge is 0.244 e. The van der Waals surface area contributed by atoms with Crippen molar-refractivity contribution < 1.29 is 4.79 Å². The van der Waals surface area contributed by atoms with Gasteiger partial charge in [0, 0.05) is 15.7 Å². The van der Waals surface area contributed by atoms with E-state index in [2.05, 4.69) is 27.9 Å². The van der Waals surface area contributed by atoms with Crippen LogP contribution in [0.1, 0.15) is 25.3 Å². The molecule has 1 amide bonds. The molecule has 1 aromatic carbocycles. The number of benzene rings is 1. The van der Waals surface area contributed by atoms with E-state index in [1.165, 1.54) is 3.57 Å². The standard InChI is InChI=1S/C13H14INO/c1-9(8-13(16)15-10-6-7-10)11-4-2-3-5-12(11)14/h2-5,8,10H,6-7H2,1H3,(H,15,16)/b9-8+. The first-order valence-corrected chi connectivity index (χ1v) is 6.48. The molecule has 0 saturated heterocycles. The Labute approximate surface area is 109 Å². The van der Waals surface area contributed by atoms with Gasteiger partial charge in [0.25, 0.3) is 0 Å². The Balaban J connectivity index is 2.10. The summed E-state index contributed by atoms with van der Waals surface area (Å²) in [5, 5.41) is 2.96. The van der Waals surface area contributed by atoms with Crippen molar-refractivity contribution in [2.24, 2.45) is 0 Å². The van der Waals surface area contributed by atoms with Crippen molar-refractivity contribution in [2.45, 2.75) is 25.8 Å². The van der Waals surface area contributed by atoms with Crippen LogP contribution in [0.15, 0.2) is 30.3 Å². The van der Waals surface area contributed by atoms with Gasteiger partial charge in [0.2, 0.25) is 5.91 Å². The van der Waals surface area contributed by atoms with Crippen molar-refractivity contribution in [3.63, 3.8) is 0 Å². The molecule has 1 aromatic rings. The molecular formula is C13H14INO. The number of amides is 1. The molecule has 0 spiro atoms. The first kappa shape index (κ1) is 11.6. The van der Waals surface area contributed by atoms with E-state index in [0.29, 0.717) is 6.04 Å². The molecule has 0 aliphatic heterocycles. The number of nitrogens with one attached hydrogen (secondary N) is 1. The summed E-state index contributed by atoms with van der Waals surface area (Å²) in [6, 6.07) is 8.51. The lowest BCUT2D eigenvalue weighted by Gasteiger charge is -2.05. The van der Waals surface area contributed by atoms with Crippen molar-refractivity contribution >= 4 is 34.1 Å². The normalized spacial score (nSPS) is 16.0. The molecule has 1 saturated carbocycles. The highest BCUT2D eigenvalue weighted by Crippen LogP contribution is 2.21. The molecule has 0 aromatic heterocycles. The number of allylic oxidation sites excluding steroid dienone is 1. The van der Waals surface area contributed by atoms with Gasteiger partial charge in [-0.1, -0.05) is 18.2 Å². The van der Waals surface area contributed by atoms with Crippen molar-refractivity contribution in [3.8, 4) is 0 Å². The summed E-state index contributed by atoms with van der Waals surface area (Å²) in [6.45, 7) is 1.98. The molecule has 1 aliphatic rings. The maximum Gasteiger partial charge on any atom is 0.244 e. The molecule has 0 unspecified atom stereocenters. The molecule has 3 heteroatoms. The lowest BCUT2D eigenvalue weighted by Crippen LogP contribution is -2.23. The highest BCUT2D eigenvalue weighted by atomic mass is 127. The number of halogens is 1. The second-order valence-electron chi connectivity index (χ2n) is 4.09. The van der Waals surface area contributed by atoms with E-state index in [1.54, 1.807) is 6.08 Å². The van der Waals surface area contributed by atoms with Crippen molar-refractivity contribution in [2.75, 3.05) is 0 Å². The molecule has 1 aliphatic carbocycles. The molecule has 0 heterocycles. The lowest BCUT2D eigenvalue weighted by atomic mass is 10.1. The minimum absolute atomic E-state index is 0.0275. The molecule has 2 nitrogen and oxygen atoms in total. The first-order chi connectivity index (χ1) is 7.66. The largest absolute Gasteiger partial charge is 0.350 e.